The van der Waals surface area contributed by atoms with Crippen LogP contribution in [-0.2, 0) is 0 Å². The van der Waals surface area contributed by atoms with Gasteiger partial charge < -0.3 is 0 Å². The Kier molecular flexibility index (Phi) is 5.19. The Balaban J connectivity index is 1.86. The first-order chi connectivity index (χ1) is 13.5. The van der Waals surface area contributed by atoms with E-state index in [2.05, 4.69) is 107 Å². The molecule has 1 aliphatic carbocycles. The van der Waals surface area contributed by atoms with E-state index in [4.69, 9.17) is 0 Å². The summed E-state index contributed by atoms with van der Waals surface area (Å²) in [4.78, 5) is 0. The molecule has 28 heavy (non-hydrogen) atoms. The van der Waals surface area contributed by atoms with Crippen molar-refractivity contribution in [2.45, 2.75) is 34.1 Å². The van der Waals surface area contributed by atoms with Gasteiger partial charge in [0.2, 0.25) is 0 Å². The molecule has 0 heterocycles. The van der Waals surface area contributed by atoms with Gasteiger partial charge in [-0.3, -0.25) is 0 Å². The standard InChI is InChI=1S/C27H28Si/c1-19-15-20(2)17-23(16-19)26-18-21(3)27(22(26)4)28(24-11-7-5-8-12-24)25-13-9-6-10-14-25/h5-17,28H,18H2,1-4H3. The van der Waals surface area contributed by atoms with Crippen LogP contribution in [0.25, 0.3) is 5.57 Å². The van der Waals surface area contributed by atoms with Crippen molar-refractivity contribution in [1.82, 2.24) is 0 Å². The molecule has 3 aromatic rings. The van der Waals surface area contributed by atoms with Crippen molar-refractivity contribution < 1.29 is 0 Å². The van der Waals surface area contributed by atoms with E-state index in [9.17, 15) is 0 Å². The summed E-state index contributed by atoms with van der Waals surface area (Å²) < 4.78 is 0. The molecule has 0 N–H and O–H groups in total. The van der Waals surface area contributed by atoms with E-state index in [1.807, 2.05) is 0 Å². The fourth-order valence-electron chi connectivity index (χ4n) is 4.72. The van der Waals surface area contributed by atoms with Crippen molar-refractivity contribution in [2.24, 2.45) is 0 Å². The average Bonchev–Trinajstić information content (AvgIpc) is 2.98. The van der Waals surface area contributed by atoms with E-state index < -0.39 is 8.80 Å². The van der Waals surface area contributed by atoms with Crippen LogP contribution in [0.3, 0.4) is 0 Å². The molecule has 0 bridgehead atoms. The van der Waals surface area contributed by atoms with Gasteiger partial charge in [0, 0.05) is 0 Å². The van der Waals surface area contributed by atoms with Crippen LogP contribution < -0.4 is 10.4 Å². The molecular weight excluding hydrogens is 352 g/mol. The van der Waals surface area contributed by atoms with Gasteiger partial charge in [-0.05, 0) is 50.8 Å². The third kappa shape index (κ3) is 3.55. The van der Waals surface area contributed by atoms with Gasteiger partial charge in [-0.1, -0.05) is 111 Å². The molecule has 0 amide bonds. The SMILES string of the molecule is CC1=C([SiH](c2ccccc2)c2ccccc2)C(C)=C(c2cc(C)cc(C)c2)C1. The second-order valence-electron chi connectivity index (χ2n) is 8.11. The molecule has 0 saturated heterocycles. The molecule has 0 radical (unpaired) electrons. The van der Waals surface area contributed by atoms with Gasteiger partial charge in [0.05, 0.1) is 0 Å². The van der Waals surface area contributed by atoms with E-state index >= 15 is 0 Å². The molecule has 0 saturated carbocycles. The van der Waals surface area contributed by atoms with Crippen LogP contribution in [0, 0.1) is 13.8 Å². The van der Waals surface area contributed by atoms with Crippen LogP contribution in [0.5, 0.6) is 0 Å². The molecule has 3 aromatic carbocycles. The molecule has 1 heteroatoms. The third-order valence-corrected chi connectivity index (χ3v) is 9.49. The molecule has 0 unspecified atom stereocenters. The maximum Gasteiger partial charge on any atom is 0.133 e. The van der Waals surface area contributed by atoms with Crippen LogP contribution in [0.1, 0.15) is 37.0 Å². The second-order valence-corrected chi connectivity index (χ2v) is 10.9. The molecule has 0 aromatic heterocycles. The number of rotatable bonds is 4. The molecule has 1 aliphatic rings. The summed E-state index contributed by atoms with van der Waals surface area (Å²) in [5, 5.41) is 4.64. The lowest BCUT2D eigenvalue weighted by Crippen LogP contribution is -2.44. The normalized spacial score (nSPS) is 14.3. The molecule has 0 spiro atoms. The molecule has 0 aliphatic heterocycles. The van der Waals surface area contributed by atoms with Gasteiger partial charge in [-0.15, -0.1) is 0 Å². The summed E-state index contributed by atoms with van der Waals surface area (Å²) in [5.41, 5.74) is 8.67. The summed E-state index contributed by atoms with van der Waals surface area (Å²) in [6.07, 6.45) is 1.08. The van der Waals surface area contributed by atoms with Crippen molar-refractivity contribution in [3.05, 3.63) is 112 Å². The molecule has 0 nitrogen and oxygen atoms in total. The fourth-order valence-corrected chi connectivity index (χ4v) is 8.19. The summed E-state index contributed by atoms with van der Waals surface area (Å²) >= 11 is 0. The molecule has 0 fully saturated rings. The van der Waals surface area contributed by atoms with Crippen LogP contribution in [0.2, 0.25) is 0 Å². The van der Waals surface area contributed by atoms with Gasteiger partial charge in [-0.2, -0.15) is 0 Å². The predicted octanol–water partition coefficient (Wildman–Crippen LogP) is 5.38. The average molecular weight is 381 g/mol. The maximum atomic E-state index is 2.35. The van der Waals surface area contributed by atoms with Gasteiger partial charge in [0.15, 0.2) is 0 Å². The van der Waals surface area contributed by atoms with E-state index in [0.717, 1.165) is 6.42 Å². The van der Waals surface area contributed by atoms with E-state index in [1.165, 1.54) is 38.2 Å². The van der Waals surface area contributed by atoms with Crippen molar-refractivity contribution in [3.63, 3.8) is 0 Å². The number of benzene rings is 3. The Morgan fingerprint density at radius 3 is 1.64 bits per heavy atom. The van der Waals surface area contributed by atoms with Crippen molar-refractivity contribution in [2.75, 3.05) is 0 Å². The Labute approximate surface area is 170 Å². The minimum atomic E-state index is -1.48. The van der Waals surface area contributed by atoms with Crippen molar-refractivity contribution >= 4 is 24.7 Å². The number of aryl methyl sites for hydroxylation is 2. The van der Waals surface area contributed by atoms with Crippen LogP contribution in [0.15, 0.2) is 95.2 Å². The van der Waals surface area contributed by atoms with E-state index in [1.54, 1.807) is 10.8 Å². The smallest absolute Gasteiger partial charge is 0.0689 e. The first-order valence-electron chi connectivity index (χ1n) is 10.1. The summed E-state index contributed by atoms with van der Waals surface area (Å²) in [7, 11) is -1.48. The van der Waals surface area contributed by atoms with Crippen molar-refractivity contribution in [1.29, 1.82) is 0 Å². The zero-order chi connectivity index (χ0) is 19.7. The lowest BCUT2D eigenvalue weighted by molar-refractivity contribution is 1.24. The molecular formula is C27H28Si. The third-order valence-electron chi connectivity index (χ3n) is 5.88. The molecule has 4 rings (SSSR count). The quantitative estimate of drug-likeness (QED) is 0.533. The Bertz CT molecular complexity index is 996. The van der Waals surface area contributed by atoms with E-state index in [0.29, 0.717) is 0 Å². The first-order valence-corrected chi connectivity index (χ1v) is 11.9. The number of hydrogen-bond acceptors (Lipinski definition) is 0. The lowest BCUT2D eigenvalue weighted by atomic mass is 9.97. The lowest BCUT2D eigenvalue weighted by Gasteiger charge is -2.21. The largest absolute Gasteiger partial charge is 0.133 e. The maximum absolute atomic E-state index is 2.35. The van der Waals surface area contributed by atoms with Gasteiger partial charge in [0.1, 0.15) is 8.80 Å². The van der Waals surface area contributed by atoms with Gasteiger partial charge in [-0.25, -0.2) is 0 Å². The number of allylic oxidation sites excluding steroid dienone is 4. The predicted molar refractivity (Wildman–Crippen MR) is 125 cm³/mol. The molecule has 0 atom stereocenters. The Morgan fingerprint density at radius 1 is 0.643 bits per heavy atom. The minimum Gasteiger partial charge on any atom is -0.0689 e. The topological polar surface area (TPSA) is 0 Å². The van der Waals surface area contributed by atoms with Gasteiger partial charge >= 0.3 is 0 Å². The van der Waals surface area contributed by atoms with Crippen LogP contribution in [-0.4, -0.2) is 8.80 Å². The molecule has 140 valence electrons. The minimum absolute atomic E-state index is 1.08. The highest BCUT2D eigenvalue weighted by atomic mass is 28.3. The van der Waals surface area contributed by atoms with Crippen LogP contribution in [0.4, 0.5) is 0 Å². The zero-order valence-corrected chi connectivity index (χ0v) is 18.4. The highest BCUT2D eigenvalue weighted by Gasteiger charge is 2.29. The highest BCUT2D eigenvalue weighted by molar-refractivity contribution is 6.91. The van der Waals surface area contributed by atoms with Crippen LogP contribution >= 0.6 is 0 Å². The monoisotopic (exact) mass is 380 g/mol. The fraction of sp³-hybridized carbons (Fsp3) is 0.185. The Morgan fingerprint density at radius 2 is 1.14 bits per heavy atom. The highest BCUT2D eigenvalue weighted by Crippen LogP contribution is 2.39. The Hall–Kier alpha value is -2.64. The summed E-state index contributed by atoms with van der Waals surface area (Å²) in [6.45, 7) is 9.10. The second kappa shape index (κ2) is 7.77. The summed E-state index contributed by atoms with van der Waals surface area (Å²) in [6, 6.07) is 29.3. The zero-order valence-electron chi connectivity index (χ0n) is 17.3. The first kappa shape index (κ1) is 18.7. The van der Waals surface area contributed by atoms with Crippen molar-refractivity contribution in [3.8, 4) is 0 Å². The number of hydrogen-bond donors (Lipinski definition) is 0. The van der Waals surface area contributed by atoms with Gasteiger partial charge in [0.25, 0.3) is 0 Å². The summed E-state index contributed by atoms with van der Waals surface area (Å²) in [5.74, 6) is 0. The van der Waals surface area contributed by atoms with E-state index in [-0.39, 0.29) is 0 Å².